The zero-order chi connectivity index (χ0) is 12.3. The second-order valence-electron chi connectivity index (χ2n) is 5.41. The molecule has 2 heteroatoms. The molecule has 94 valence electrons. The monoisotopic (exact) mass is 295 g/mol. The van der Waals surface area contributed by atoms with Gasteiger partial charge in [-0.3, -0.25) is 0 Å². The molecule has 2 rings (SSSR count). The minimum atomic E-state index is 0.203. The lowest BCUT2D eigenvalue weighted by Gasteiger charge is -2.25. The van der Waals surface area contributed by atoms with Crippen molar-refractivity contribution >= 4 is 15.9 Å². The highest BCUT2D eigenvalue weighted by molar-refractivity contribution is 9.10. The molecule has 1 aromatic rings. The van der Waals surface area contributed by atoms with Gasteiger partial charge in [-0.05, 0) is 42.5 Å². The number of hydrogen-bond donors (Lipinski definition) is 1. The second kappa shape index (κ2) is 6.01. The average Bonchev–Trinajstić information content (AvgIpc) is 2.29. The zero-order valence-electron chi connectivity index (χ0n) is 10.6. The van der Waals surface area contributed by atoms with Crippen molar-refractivity contribution in [1.82, 2.24) is 0 Å². The van der Waals surface area contributed by atoms with Crippen LogP contribution in [0.15, 0.2) is 22.7 Å². The van der Waals surface area contributed by atoms with E-state index < -0.39 is 0 Å². The lowest BCUT2D eigenvalue weighted by atomic mass is 9.83. The van der Waals surface area contributed by atoms with E-state index in [2.05, 4.69) is 41.1 Å². The molecule has 17 heavy (non-hydrogen) atoms. The quantitative estimate of drug-likeness (QED) is 0.857. The normalized spacial score (nSPS) is 19.2. The van der Waals surface area contributed by atoms with Gasteiger partial charge in [0.1, 0.15) is 0 Å². The summed E-state index contributed by atoms with van der Waals surface area (Å²) in [7, 11) is 0. The van der Waals surface area contributed by atoms with Crippen molar-refractivity contribution in [1.29, 1.82) is 0 Å². The standard InChI is InChI=1S/C15H22BrN/c1-11-7-13(10-14(16)8-11)15(17)9-12-5-3-2-4-6-12/h7-8,10,12,15H,2-6,9,17H2,1H3. The molecule has 0 amide bonds. The van der Waals surface area contributed by atoms with Crippen molar-refractivity contribution in [2.24, 2.45) is 11.7 Å². The molecule has 1 unspecified atom stereocenters. The Kier molecular flexibility index (Phi) is 4.63. The molecule has 0 radical (unpaired) electrons. The van der Waals surface area contributed by atoms with E-state index in [0.29, 0.717) is 0 Å². The molecule has 0 saturated heterocycles. The summed E-state index contributed by atoms with van der Waals surface area (Å²) in [6.45, 7) is 2.13. The van der Waals surface area contributed by atoms with Gasteiger partial charge in [-0.2, -0.15) is 0 Å². The van der Waals surface area contributed by atoms with E-state index in [-0.39, 0.29) is 6.04 Å². The molecule has 1 aliphatic rings. The molecule has 0 spiro atoms. The van der Waals surface area contributed by atoms with Gasteiger partial charge in [0.15, 0.2) is 0 Å². The maximum absolute atomic E-state index is 6.34. The summed E-state index contributed by atoms with van der Waals surface area (Å²) in [4.78, 5) is 0. The number of rotatable bonds is 3. The Morgan fingerprint density at radius 3 is 2.59 bits per heavy atom. The van der Waals surface area contributed by atoms with Crippen LogP contribution in [0.4, 0.5) is 0 Å². The lowest BCUT2D eigenvalue weighted by molar-refractivity contribution is 0.319. The number of aryl methyl sites for hydroxylation is 1. The minimum Gasteiger partial charge on any atom is -0.324 e. The fourth-order valence-corrected chi connectivity index (χ4v) is 3.52. The Hall–Kier alpha value is -0.340. The third kappa shape index (κ3) is 3.82. The van der Waals surface area contributed by atoms with Crippen LogP contribution in [0.25, 0.3) is 0 Å². The van der Waals surface area contributed by atoms with E-state index in [1.54, 1.807) is 0 Å². The van der Waals surface area contributed by atoms with Crippen LogP contribution in [0, 0.1) is 12.8 Å². The summed E-state index contributed by atoms with van der Waals surface area (Å²) >= 11 is 3.55. The first-order valence-electron chi connectivity index (χ1n) is 6.68. The fourth-order valence-electron chi connectivity index (χ4n) is 2.90. The average molecular weight is 296 g/mol. The van der Waals surface area contributed by atoms with Crippen LogP contribution in [-0.2, 0) is 0 Å². The highest BCUT2D eigenvalue weighted by atomic mass is 79.9. The Morgan fingerprint density at radius 2 is 1.94 bits per heavy atom. The van der Waals surface area contributed by atoms with Crippen LogP contribution in [0.5, 0.6) is 0 Å². The Balaban J connectivity index is 2.00. The molecule has 1 aliphatic carbocycles. The SMILES string of the molecule is Cc1cc(Br)cc(C(N)CC2CCCCC2)c1. The molecule has 1 nitrogen and oxygen atoms in total. The third-order valence-corrected chi connectivity index (χ3v) is 4.26. The van der Waals surface area contributed by atoms with Crippen LogP contribution in [-0.4, -0.2) is 0 Å². The van der Waals surface area contributed by atoms with Crippen LogP contribution < -0.4 is 5.73 Å². The smallest absolute Gasteiger partial charge is 0.0297 e. The van der Waals surface area contributed by atoms with Gasteiger partial charge < -0.3 is 5.73 Å². The van der Waals surface area contributed by atoms with Crippen molar-refractivity contribution in [3.8, 4) is 0 Å². The third-order valence-electron chi connectivity index (χ3n) is 3.80. The number of halogens is 1. The first-order valence-corrected chi connectivity index (χ1v) is 7.47. The molecular formula is C15H22BrN. The summed E-state index contributed by atoms with van der Waals surface area (Å²) in [6.07, 6.45) is 8.11. The van der Waals surface area contributed by atoms with Crippen LogP contribution in [0.3, 0.4) is 0 Å². The van der Waals surface area contributed by atoms with Crippen molar-refractivity contribution in [2.75, 3.05) is 0 Å². The number of nitrogens with two attached hydrogens (primary N) is 1. The highest BCUT2D eigenvalue weighted by Gasteiger charge is 2.18. The summed E-state index contributed by atoms with van der Waals surface area (Å²) in [5.41, 5.74) is 8.91. The van der Waals surface area contributed by atoms with Crippen LogP contribution >= 0.6 is 15.9 Å². The second-order valence-corrected chi connectivity index (χ2v) is 6.32. The predicted molar refractivity (Wildman–Crippen MR) is 77.0 cm³/mol. The van der Waals surface area contributed by atoms with Crippen LogP contribution in [0.2, 0.25) is 0 Å². The summed E-state index contributed by atoms with van der Waals surface area (Å²) in [5.74, 6) is 0.845. The summed E-state index contributed by atoms with van der Waals surface area (Å²) < 4.78 is 1.14. The highest BCUT2D eigenvalue weighted by Crippen LogP contribution is 2.31. The van der Waals surface area contributed by atoms with E-state index in [0.717, 1.165) is 16.8 Å². The largest absolute Gasteiger partial charge is 0.324 e. The minimum absolute atomic E-state index is 0.203. The van der Waals surface area contributed by atoms with Gasteiger partial charge in [-0.15, -0.1) is 0 Å². The predicted octanol–water partition coefficient (Wildman–Crippen LogP) is 4.73. The molecule has 0 bridgehead atoms. The molecule has 1 aromatic carbocycles. The molecule has 1 saturated carbocycles. The fraction of sp³-hybridized carbons (Fsp3) is 0.600. The Labute approximate surface area is 113 Å². The number of hydrogen-bond acceptors (Lipinski definition) is 1. The molecule has 0 aromatic heterocycles. The van der Waals surface area contributed by atoms with Crippen molar-refractivity contribution < 1.29 is 0 Å². The molecule has 0 aliphatic heterocycles. The first kappa shape index (κ1) is 13.1. The Bertz CT molecular complexity index is 349. The van der Waals surface area contributed by atoms with Gasteiger partial charge in [0.2, 0.25) is 0 Å². The number of benzene rings is 1. The van der Waals surface area contributed by atoms with E-state index in [9.17, 15) is 0 Å². The van der Waals surface area contributed by atoms with Crippen LogP contribution in [0.1, 0.15) is 55.7 Å². The first-order chi connectivity index (χ1) is 8.15. The molecule has 2 N–H and O–H groups in total. The zero-order valence-corrected chi connectivity index (χ0v) is 12.2. The van der Waals surface area contributed by atoms with Gasteiger partial charge in [-0.25, -0.2) is 0 Å². The van der Waals surface area contributed by atoms with Gasteiger partial charge in [0.25, 0.3) is 0 Å². The molecule has 0 heterocycles. The van der Waals surface area contributed by atoms with Gasteiger partial charge in [0.05, 0.1) is 0 Å². The van der Waals surface area contributed by atoms with E-state index >= 15 is 0 Å². The van der Waals surface area contributed by atoms with Gasteiger partial charge in [-0.1, -0.05) is 54.1 Å². The van der Waals surface area contributed by atoms with E-state index in [4.69, 9.17) is 5.73 Å². The van der Waals surface area contributed by atoms with E-state index in [1.807, 2.05) is 0 Å². The van der Waals surface area contributed by atoms with Crippen molar-refractivity contribution in [3.05, 3.63) is 33.8 Å². The van der Waals surface area contributed by atoms with Crippen molar-refractivity contribution in [3.63, 3.8) is 0 Å². The van der Waals surface area contributed by atoms with E-state index in [1.165, 1.54) is 43.2 Å². The molecule has 1 fully saturated rings. The lowest BCUT2D eigenvalue weighted by Crippen LogP contribution is -2.17. The molecular weight excluding hydrogens is 274 g/mol. The maximum Gasteiger partial charge on any atom is 0.0297 e. The maximum atomic E-state index is 6.34. The Morgan fingerprint density at radius 1 is 1.24 bits per heavy atom. The topological polar surface area (TPSA) is 26.0 Å². The summed E-state index contributed by atoms with van der Waals surface area (Å²) in [6, 6.07) is 6.73. The molecule has 1 atom stereocenters. The van der Waals surface area contributed by atoms with Gasteiger partial charge >= 0.3 is 0 Å². The summed E-state index contributed by atoms with van der Waals surface area (Å²) in [5, 5.41) is 0. The van der Waals surface area contributed by atoms with Gasteiger partial charge in [0, 0.05) is 10.5 Å². The van der Waals surface area contributed by atoms with Crippen molar-refractivity contribution in [2.45, 2.75) is 51.5 Å².